The van der Waals surface area contributed by atoms with E-state index in [0.29, 0.717) is 0 Å². The molecule has 0 saturated heterocycles. The van der Waals surface area contributed by atoms with Gasteiger partial charge in [-0.2, -0.15) is 0 Å². The number of benzene rings is 1. The van der Waals surface area contributed by atoms with E-state index < -0.39 is 0 Å². The van der Waals surface area contributed by atoms with E-state index in [4.69, 9.17) is 5.73 Å². The molecule has 0 aliphatic heterocycles. The van der Waals surface area contributed by atoms with Crippen LogP contribution in [0.2, 0.25) is 0 Å². The lowest BCUT2D eigenvalue weighted by atomic mass is 10.0. The molecule has 0 aliphatic carbocycles. The maximum atomic E-state index is 5.47. The minimum Gasteiger partial charge on any atom is -0.330 e. The molecule has 1 aromatic carbocycles. The topological polar surface area (TPSA) is 26.0 Å². The second-order valence-corrected chi connectivity index (χ2v) is 4.31. The van der Waals surface area contributed by atoms with E-state index in [0.717, 1.165) is 25.3 Å². The van der Waals surface area contributed by atoms with Crippen LogP contribution in [0, 0.1) is 5.92 Å². The molecule has 0 radical (unpaired) electrons. The molecule has 2 N–H and O–H groups in total. The highest BCUT2D eigenvalue weighted by Crippen LogP contribution is 2.10. The molecule has 1 rings (SSSR count). The summed E-state index contributed by atoms with van der Waals surface area (Å²) in [6, 6.07) is 8.94. The smallest absolute Gasteiger partial charge is 0.00741 e. The van der Waals surface area contributed by atoms with Crippen molar-refractivity contribution in [1.29, 1.82) is 0 Å². The van der Waals surface area contributed by atoms with Crippen molar-refractivity contribution in [2.45, 2.75) is 33.1 Å². The van der Waals surface area contributed by atoms with Gasteiger partial charge in [-0.25, -0.2) is 0 Å². The van der Waals surface area contributed by atoms with Gasteiger partial charge in [-0.1, -0.05) is 38.1 Å². The fourth-order valence-corrected chi connectivity index (χ4v) is 1.62. The Kier molecular flexibility index (Phi) is 4.68. The lowest BCUT2D eigenvalue weighted by Gasteiger charge is -2.06. The average Bonchev–Trinajstić information content (AvgIpc) is 2.16. The standard InChI is InChI=1S/C13H21N/c1-11(2)10-13-7-5-12(6-8-13)4-3-9-14/h5-8,11H,3-4,9-10,14H2,1-2H3. The van der Waals surface area contributed by atoms with Crippen molar-refractivity contribution in [3.05, 3.63) is 35.4 Å². The number of nitrogens with two attached hydrogens (primary N) is 1. The molecule has 0 atom stereocenters. The van der Waals surface area contributed by atoms with E-state index in [1.807, 2.05) is 0 Å². The quantitative estimate of drug-likeness (QED) is 0.761. The Morgan fingerprint density at radius 3 is 2.14 bits per heavy atom. The molecule has 0 unspecified atom stereocenters. The van der Waals surface area contributed by atoms with Gasteiger partial charge in [0.2, 0.25) is 0 Å². The van der Waals surface area contributed by atoms with Gasteiger partial charge in [-0.3, -0.25) is 0 Å². The lowest BCUT2D eigenvalue weighted by Crippen LogP contribution is -2.00. The van der Waals surface area contributed by atoms with Crippen LogP contribution in [-0.2, 0) is 12.8 Å². The van der Waals surface area contributed by atoms with Gasteiger partial charge < -0.3 is 5.73 Å². The molecule has 0 aliphatic rings. The Hall–Kier alpha value is -0.820. The van der Waals surface area contributed by atoms with Crippen LogP contribution < -0.4 is 5.73 Å². The summed E-state index contributed by atoms with van der Waals surface area (Å²) in [6.45, 7) is 5.29. The van der Waals surface area contributed by atoms with Crippen LogP contribution >= 0.6 is 0 Å². The summed E-state index contributed by atoms with van der Waals surface area (Å²) in [4.78, 5) is 0. The van der Waals surface area contributed by atoms with E-state index in [1.165, 1.54) is 17.5 Å². The first-order valence-electron chi connectivity index (χ1n) is 5.50. The Labute approximate surface area is 87.3 Å². The van der Waals surface area contributed by atoms with Crippen LogP contribution in [-0.4, -0.2) is 6.54 Å². The second kappa shape index (κ2) is 5.82. The zero-order valence-corrected chi connectivity index (χ0v) is 9.29. The summed E-state index contributed by atoms with van der Waals surface area (Å²) >= 11 is 0. The largest absolute Gasteiger partial charge is 0.330 e. The number of hydrogen-bond acceptors (Lipinski definition) is 1. The van der Waals surface area contributed by atoms with Crippen LogP contribution in [0.5, 0.6) is 0 Å². The van der Waals surface area contributed by atoms with Crippen molar-refractivity contribution in [3.8, 4) is 0 Å². The Morgan fingerprint density at radius 1 is 1.07 bits per heavy atom. The molecular formula is C13H21N. The first-order valence-corrected chi connectivity index (χ1v) is 5.50. The molecule has 14 heavy (non-hydrogen) atoms. The monoisotopic (exact) mass is 191 g/mol. The Balaban J connectivity index is 2.50. The predicted octanol–water partition coefficient (Wildman–Crippen LogP) is 2.78. The zero-order chi connectivity index (χ0) is 10.4. The molecule has 0 aromatic heterocycles. The number of rotatable bonds is 5. The molecule has 0 fully saturated rings. The third-order valence-electron chi connectivity index (χ3n) is 2.34. The van der Waals surface area contributed by atoms with Crippen molar-refractivity contribution < 1.29 is 0 Å². The van der Waals surface area contributed by atoms with Crippen molar-refractivity contribution in [1.82, 2.24) is 0 Å². The van der Waals surface area contributed by atoms with Gasteiger partial charge in [-0.15, -0.1) is 0 Å². The molecule has 0 bridgehead atoms. The number of aryl methyl sites for hydroxylation is 1. The molecule has 1 aromatic rings. The summed E-state index contributed by atoms with van der Waals surface area (Å²) in [5, 5.41) is 0. The van der Waals surface area contributed by atoms with E-state index in [2.05, 4.69) is 38.1 Å². The van der Waals surface area contributed by atoms with Crippen molar-refractivity contribution in [3.63, 3.8) is 0 Å². The third kappa shape index (κ3) is 3.93. The van der Waals surface area contributed by atoms with Crippen LogP contribution in [0.4, 0.5) is 0 Å². The van der Waals surface area contributed by atoms with E-state index >= 15 is 0 Å². The maximum Gasteiger partial charge on any atom is -0.00741 e. The Bertz CT molecular complexity index is 248. The summed E-state index contributed by atoms with van der Waals surface area (Å²) in [6.07, 6.45) is 3.37. The normalized spacial score (nSPS) is 10.9. The first kappa shape index (κ1) is 11.3. The van der Waals surface area contributed by atoms with Crippen molar-refractivity contribution in [2.75, 3.05) is 6.54 Å². The van der Waals surface area contributed by atoms with Gasteiger partial charge >= 0.3 is 0 Å². The Morgan fingerprint density at radius 2 is 1.64 bits per heavy atom. The predicted molar refractivity (Wildman–Crippen MR) is 62.4 cm³/mol. The van der Waals surface area contributed by atoms with E-state index in [1.54, 1.807) is 0 Å². The van der Waals surface area contributed by atoms with Crippen LogP contribution in [0.3, 0.4) is 0 Å². The summed E-state index contributed by atoms with van der Waals surface area (Å²) in [5.41, 5.74) is 8.32. The summed E-state index contributed by atoms with van der Waals surface area (Å²) in [5.74, 6) is 0.741. The second-order valence-electron chi connectivity index (χ2n) is 4.31. The molecule has 78 valence electrons. The molecule has 1 nitrogen and oxygen atoms in total. The van der Waals surface area contributed by atoms with Gasteiger partial charge in [-0.05, 0) is 42.9 Å². The fourth-order valence-electron chi connectivity index (χ4n) is 1.62. The molecule has 0 saturated carbocycles. The minimum absolute atomic E-state index is 0.741. The maximum absolute atomic E-state index is 5.47. The van der Waals surface area contributed by atoms with Crippen LogP contribution in [0.1, 0.15) is 31.4 Å². The van der Waals surface area contributed by atoms with E-state index in [9.17, 15) is 0 Å². The summed E-state index contributed by atoms with van der Waals surface area (Å²) < 4.78 is 0. The molecule has 1 heteroatoms. The van der Waals surface area contributed by atoms with E-state index in [-0.39, 0.29) is 0 Å². The van der Waals surface area contributed by atoms with Gasteiger partial charge in [0.25, 0.3) is 0 Å². The van der Waals surface area contributed by atoms with Crippen LogP contribution in [0.15, 0.2) is 24.3 Å². The van der Waals surface area contributed by atoms with Crippen molar-refractivity contribution in [2.24, 2.45) is 11.7 Å². The van der Waals surface area contributed by atoms with Gasteiger partial charge in [0.05, 0.1) is 0 Å². The third-order valence-corrected chi connectivity index (χ3v) is 2.34. The van der Waals surface area contributed by atoms with Crippen molar-refractivity contribution >= 4 is 0 Å². The molecular weight excluding hydrogens is 170 g/mol. The highest BCUT2D eigenvalue weighted by molar-refractivity contribution is 5.22. The van der Waals surface area contributed by atoms with Crippen LogP contribution in [0.25, 0.3) is 0 Å². The first-order chi connectivity index (χ1) is 6.72. The SMILES string of the molecule is CC(C)Cc1ccc(CCCN)cc1. The number of hydrogen-bond donors (Lipinski definition) is 1. The molecule has 0 spiro atoms. The highest BCUT2D eigenvalue weighted by atomic mass is 14.5. The van der Waals surface area contributed by atoms with Gasteiger partial charge in [0.15, 0.2) is 0 Å². The summed E-state index contributed by atoms with van der Waals surface area (Å²) in [7, 11) is 0. The lowest BCUT2D eigenvalue weighted by molar-refractivity contribution is 0.647. The minimum atomic E-state index is 0.741. The van der Waals surface area contributed by atoms with Gasteiger partial charge in [0, 0.05) is 0 Å². The van der Waals surface area contributed by atoms with Gasteiger partial charge in [0.1, 0.15) is 0 Å². The molecule has 0 heterocycles. The zero-order valence-electron chi connectivity index (χ0n) is 9.29. The molecule has 0 amide bonds. The highest BCUT2D eigenvalue weighted by Gasteiger charge is 1.97. The fraction of sp³-hybridized carbons (Fsp3) is 0.538. The average molecular weight is 191 g/mol.